The van der Waals surface area contributed by atoms with Crippen LogP contribution in [0.1, 0.15) is 66.7 Å². The zero-order valence-corrected chi connectivity index (χ0v) is 17.5. The first-order chi connectivity index (χ1) is 14.0. The van der Waals surface area contributed by atoms with E-state index in [0.717, 1.165) is 40.5 Å². The maximum atomic E-state index is 6.41. The number of halogens is 1. The standard InChI is InChI=1S/C24H23ClN2O2/c1-14(2)16-5-7-17(8-6-16)24-27-21(19-12-18(25)9-11-22(19)29-24)13-20(26-27)23-10-4-15(3)28-23/h4-12,14,21,24H,13H2,1-3H3/t21-,24-/m1/s1. The molecule has 0 N–H and O–H groups in total. The van der Waals surface area contributed by atoms with Crippen molar-refractivity contribution in [2.75, 3.05) is 0 Å². The largest absolute Gasteiger partial charge is 0.464 e. The minimum atomic E-state index is -0.288. The molecule has 0 saturated carbocycles. The SMILES string of the molecule is Cc1ccc(C2=NN3[C@H](C2)c2cc(Cl)ccc2O[C@@H]3c2ccc(C(C)C)cc2)o1. The molecule has 0 aliphatic carbocycles. The predicted molar refractivity (Wildman–Crippen MR) is 115 cm³/mol. The topological polar surface area (TPSA) is 38.0 Å². The van der Waals surface area contributed by atoms with E-state index in [-0.39, 0.29) is 12.3 Å². The maximum Gasteiger partial charge on any atom is 0.213 e. The summed E-state index contributed by atoms with van der Waals surface area (Å²) < 4.78 is 12.3. The van der Waals surface area contributed by atoms with Crippen LogP contribution in [0.2, 0.25) is 5.02 Å². The molecule has 148 valence electrons. The lowest BCUT2D eigenvalue weighted by Crippen LogP contribution is -2.33. The first kappa shape index (κ1) is 18.3. The predicted octanol–water partition coefficient (Wildman–Crippen LogP) is 6.61. The zero-order chi connectivity index (χ0) is 20.1. The second-order valence-electron chi connectivity index (χ2n) is 8.03. The van der Waals surface area contributed by atoms with Gasteiger partial charge in [0.1, 0.15) is 23.0 Å². The molecule has 3 heterocycles. The Morgan fingerprint density at radius 1 is 1.07 bits per heavy atom. The minimum Gasteiger partial charge on any atom is -0.464 e. The number of furan rings is 1. The molecule has 0 spiro atoms. The molecule has 4 nitrogen and oxygen atoms in total. The average Bonchev–Trinajstić information content (AvgIpc) is 3.34. The van der Waals surface area contributed by atoms with Crippen molar-refractivity contribution in [1.29, 1.82) is 0 Å². The van der Waals surface area contributed by atoms with Crippen LogP contribution < -0.4 is 4.74 Å². The summed E-state index contributed by atoms with van der Waals surface area (Å²) in [6.45, 7) is 6.35. The van der Waals surface area contributed by atoms with Crippen LogP contribution in [0.25, 0.3) is 0 Å². The van der Waals surface area contributed by atoms with Gasteiger partial charge in [-0.25, -0.2) is 5.01 Å². The van der Waals surface area contributed by atoms with Crippen molar-refractivity contribution in [2.45, 2.75) is 45.4 Å². The molecular formula is C24H23ClN2O2. The normalized spacial score (nSPS) is 20.3. The summed E-state index contributed by atoms with van der Waals surface area (Å²) in [5.41, 5.74) is 4.39. The number of nitrogens with zero attached hydrogens (tertiary/aromatic N) is 2. The number of hydrazone groups is 1. The van der Waals surface area contributed by atoms with Gasteiger partial charge in [-0.05, 0) is 48.7 Å². The van der Waals surface area contributed by atoms with Crippen LogP contribution in [0.4, 0.5) is 0 Å². The summed E-state index contributed by atoms with van der Waals surface area (Å²) in [5, 5.41) is 7.68. The first-order valence-electron chi connectivity index (χ1n) is 9.98. The van der Waals surface area contributed by atoms with Gasteiger partial charge in [-0.3, -0.25) is 0 Å². The third-order valence-corrected chi connectivity index (χ3v) is 5.90. The van der Waals surface area contributed by atoms with Gasteiger partial charge in [0.05, 0.1) is 6.04 Å². The first-order valence-corrected chi connectivity index (χ1v) is 10.4. The van der Waals surface area contributed by atoms with Gasteiger partial charge in [-0.15, -0.1) is 0 Å². The average molecular weight is 407 g/mol. The van der Waals surface area contributed by atoms with E-state index in [2.05, 4.69) is 43.1 Å². The van der Waals surface area contributed by atoms with Crippen LogP contribution in [0.15, 0.2) is 64.1 Å². The highest BCUT2D eigenvalue weighted by molar-refractivity contribution is 6.30. The van der Waals surface area contributed by atoms with E-state index in [1.54, 1.807) is 0 Å². The monoisotopic (exact) mass is 406 g/mol. The van der Waals surface area contributed by atoms with E-state index in [4.69, 9.17) is 25.9 Å². The van der Waals surface area contributed by atoms with Gasteiger partial charge in [-0.2, -0.15) is 5.10 Å². The van der Waals surface area contributed by atoms with E-state index in [9.17, 15) is 0 Å². The molecule has 0 radical (unpaired) electrons. The Balaban J connectivity index is 1.57. The zero-order valence-electron chi connectivity index (χ0n) is 16.7. The summed E-state index contributed by atoms with van der Waals surface area (Å²) in [5.74, 6) is 3.05. The van der Waals surface area contributed by atoms with Crippen LogP contribution >= 0.6 is 11.6 Å². The molecule has 29 heavy (non-hydrogen) atoms. The second kappa shape index (κ2) is 6.96. The van der Waals surface area contributed by atoms with E-state index in [1.165, 1.54) is 5.56 Å². The van der Waals surface area contributed by atoms with Gasteiger partial charge in [0, 0.05) is 22.6 Å². The van der Waals surface area contributed by atoms with E-state index >= 15 is 0 Å². The molecule has 2 aromatic carbocycles. The van der Waals surface area contributed by atoms with Crippen LogP contribution in [0.3, 0.4) is 0 Å². The summed E-state index contributed by atoms with van der Waals surface area (Å²) in [6, 6.07) is 18.5. The molecule has 0 unspecified atom stereocenters. The number of benzene rings is 2. The number of rotatable bonds is 3. The Morgan fingerprint density at radius 2 is 1.86 bits per heavy atom. The molecule has 0 saturated heterocycles. The molecule has 2 aliphatic heterocycles. The van der Waals surface area contributed by atoms with Gasteiger partial charge >= 0.3 is 0 Å². The Kier molecular flexibility index (Phi) is 4.39. The van der Waals surface area contributed by atoms with Gasteiger partial charge in [0.25, 0.3) is 0 Å². The van der Waals surface area contributed by atoms with Crippen LogP contribution in [0.5, 0.6) is 5.75 Å². The molecule has 2 aliphatic rings. The molecule has 2 atom stereocenters. The van der Waals surface area contributed by atoms with Gasteiger partial charge in [-0.1, -0.05) is 49.7 Å². The van der Waals surface area contributed by atoms with Crippen molar-refractivity contribution < 1.29 is 9.15 Å². The molecule has 5 heteroatoms. The molecule has 0 fully saturated rings. The second-order valence-corrected chi connectivity index (χ2v) is 8.47. The van der Waals surface area contributed by atoms with E-state index in [1.807, 2.05) is 37.3 Å². The Hall–Kier alpha value is -2.72. The summed E-state index contributed by atoms with van der Waals surface area (Å²) >= 11 is 6.29. The van der Waals surface area contributed by atoms with Crippen LogP contribution in [0, 0.1) is 6.92 Å². The van der Waals surface area contributed by atoms with Crippen molar-refractivity contribution in [3.63, 3.8) is 0 Å². The van der Waals surface area contributed by atoms with Crippen molar-refractivity contribution in [1.82, 2.24) is 5.01 Å². The number of fused-ring (bicyclic) bond motifs is 3. The smallest absolute Gasteiger partial charge is 0.213 e. The van der Waals surface area contributed by atoms with Gasteiger partial charge in [0.15, 0.2) is 0 Å². The number of ether oxygens (including phenoxy) is 1. The quantitative estimate of drug-likeness (QED) is 0.491. The van der Waals surface area contributed by atoms with Gasteiger partial charge in [0.2, 0.25) is 6.23 Å². The van der Waals surface area contributed by atoms with Crippen molar-refractivity contribution >= 4 is 17.3 Å². The van der Waals surface area contributed by atoms with Gasteiger partial charge < -0.3 is 9.15 Å². The van der Waals surface area contributed by atoms with Crippen molar-refractivity contribution in [3.05, 3.63) is 87.8 Å². The highest BCUT2D eigenvalue weighted by Crippen LogP contribution is 2.48. The highest BCUT2D eigenvalue weighted by Gasteiger charge is 2.41. The highest BCUT2D eigenvalue weighted by atomic mass is 35.5. The Labute approximate surface area is 175 Å². The van der Waals surface area contributed by atoms with Crippen LogP contribution in [-0.2, 0) is 0 Å². The lowest BCUT2D eigenvalue weighted by atomic mass is 9.96. The summed E-state index contributed by atoms with van der Waals surface area (Å²) in [7, 11) is 0. The molecule has 0 bridgehead atoms. The molecule has 1 aromatic heterocycles. The number of aryl methyl sites for hydroxylation is 1. The minimum absolute atomic E-state index is 0.0626. The number of hydrogen-bond donors (Lipinski definition) is 0. The molecular weight excluding hydrogens is 384 g/mol. The van der Waals surface area contributed by atoms with Crippen LogP contribution in [-0.4, -0.2) is 10.7 Å². The maximum absolute atomic E-state index is 6.41. The molecule has 5 rings (SSSR count). The lowest BCUT2D eigenvalue weighted by Gasteiger charge is -2.38. The Bertz CT molecular complexity index is 1080. The fraction of sp³-hybridized carbons (Fsp3) is 0.292. The lowest BCUT2D eigenvalue weighted by molar-refractivity contribution is -0.0190. The van der Waals surface area contributed by atoms with E-state index in [0.29, 0.717) is 10.9 Å². The summed E-state index contributed by atoms with van der Waals surface area (Å²) in [4.78, 5) is 0. The third-order valence-electron chi connectivity index (χ3n) is 5.66. The van der Waals surface area contributed by atoms with E-state index < -0.39 is 0 Å². The fourth-order valence-corrected chi connectivity index (χ4v) is 4.24. The fourth-order valence-electron chi connectivity index (χ4n) is 4.06. The molecule has 0 amide bonds. The van der Waals surface area contributed by atoms with Crippen molar-refractivity contribution in [2.24, 2.45) is 5.10 Å². The molecule has 3 aromatic rings. The number of hydrogen-bond acceptors (Lipinski definition) is 4. The third kappa shape index (κ3) is 3.22. The summed E-state index contributed by atoms with van der Waals surface area (Å²) in [6.07, 6.45) is 0.466. The van der Waals surface area contributed by atoms with Crippen molar-refractivity contribution in [3.8, 4) is 5.75 Å². The Morgan fingerprint density at radius 3 is 2.55 bits per heavy atom.